The van der Waals surface area contributed by atoms with Gasteiger partial charge >= 0.3 is 0 Å². The minimum atomic E-state index is -0.389. The fraction of sp³-hybridized carbons (Fsp3) is 0.407. The molecule has 2 aromatic heterocycles. The first-order chi connectivity index (χ1) is 18.0. The quantitative estimate of drug-likeness (QED) is 0.392. The highest BCUT2D eigenvalue weighted by Gasteiger charge is 2.32. The Balaban J connectivity index is 1.50. The van der Waals surface area contributed by atoms with Gasteiger partial charge in [-0.25, -0.2) is 4.68 Å². The number of ether oxygens (including phenoxy) is 2. The van der Waals surface area contributed by atoms with Gasteiger partial charge in [-0.3, -0.25) is 9.69 Å². The molecule has 5 rings (SSSR count). The van der Waals surface area contributed by atoms with Crippen LogP contribution in [0.1, 0.15) is 28.6 Å². The van der Waals surface area contributed by atoms with E-state index in [9.17, 15) is 4.79 Å². The highest BCUT2D eigenvalue weighted by Crippen LogP contribution is 2.30. The molecule has 0 spiro atoms. The van der Waals surface area contributed by atoms with Crippen LogP contribution >= 0.6 is 0 Å². The molecule has 3 heterocycles. The fourth-order valence-corrected chi connectivity index (χ4v) is 4.97. The Bertz CT molecular complexity index is 1420. The molecular formula is C27H33N7O3. The van der Waals surface area contributed by atoms with Crippen molar-refractivity contribution in [3.63, 3.8) is 0 Å². The maximum absolute atomic E-state index is 13.5. The van der Waals surface area contributed by atoms with E-state index in [-0.39, 0.29) is 11.6 Å². The van der Waals surface area contributed by atoms with Gasteiger partial charge in [0.05, 0.1) is 20.3 Å². The summed E-state index contributed by atoms with van der Waals surface area (Å²) >= 11 is 0. The zero-order chi connectivity index (χ0) is 25.9. The number of aromatic nitrogens is 5. The van der Waals surface area contributed by atoms with E-state index in [4.69, 9.17) is 9.47 Å². The first-order valence-electron chi connectivity index (χ1n) is 12.5. The molecular weight excluding hydrogens is 470 g/mol. The predicted molar refractivity (Wildman–Crippen MR) is 142 cm³/mol. The molecule has 0 bridgehead atoms. The Morgan fingerprint density at radius 2 is 1.73 bits per heavy atom. The molecule has 4 aromatic rings. The largest absolute Gasteiger partial charge is 0.497 e. The molecule has 37 heavy (non-hydrogen) atoms. The lowest BCUT2D eigenvalue weighted by molar-refractivity contribution is 0.171. The van der Waals surface area contributed by atoms with E-state index in [0.29, 0.717) is 24.5 Å². The number of nitrogens with one attached hydrogen (secondary N) is 1. The summed E-state index contributed by atoms with van der Waals surface area (Å²) in [6.07, 6.45) is 0. The smallest absolute Gasteiger partial charge is 0.253 e. The normalized spacial score (nSPS) is 15.3. The molecule has 0 unspecified atom stereocenters. The summed E-state index contributed by atoms with van der Waals surface area (Å²) in [5.41, 5.74) is 4.82. The number of H-pyrrole nitrogens is 1. The lowest BCUT2D eigenvalue weighted by Crippen LogP contribution is -2.49. The summed E-state index contributed by atoms with van der Waals surface area (Å²) < 4.78 is 12.3. The van der Waals surface area contributed by atoms with Gasteiger partial charge < -0.3 is 19.4 Å². The standard InChI is InChI=1S/C27H33N7O3/c1-18-15-20-17-23(27(35)28-24(20)16-19(18)2)25(26-29-30-31-34(26)13-14-36-3)33-11-9-32(10-12-33)21-5-7-22(37-4)8-6-21/h5-8,15-17,25H,9-14H2,1-4H3,(H,28,35)/t25-/m0/s1. The van der Waals surface area contributed by atoms with Gasteiger partial charge in [0.15, 0.2) is 5.82 Å². The van der Waals surface area contributed by atoms with E-state index in [1.54, 1.807) is 18.9 Å². The van der Waals surface area contributed by atoms with Crippen LogP contribution in [0.15, 0.2) is 47.3 Å². The van der Waals surface area contributed by atoms with Gasteiger partial charge in [0.2, 0.25) is 0 Å². The molecule has 0 radical (unpaired) electrons. The molecule has 194 valence electrons. The molecule has 0 saturated carbocycles. The van der Waals surface area contributed by atoms with Gasteiger partial charge in [-0.2, -0.15) is 0 Å². The number of rotatable bonds is 8. The number of nitrogens with zero attached hydrogens (tertiary/aromatic N) is 6. The number of tetrazole rings is 1. The van der Waals surface area contributed by atoms with E-state index in [2.05, 4.69) is 62.4 Å². The Hall–Kier alpha value is -3.76. The van der Waals surface area contributed by atoms with Crippen LogP contribution in [0.2, 0.25) is 0 Å². The second kappa shape index (κ2) is 10.7. The molecule has 1 aliphatic rings. The maximum atomic E-state index is 13.5. The minimum Gasteiger partial charge on any atom is -0.497 e. The van der Waals surface area contributed by atoms with E-state index >= 15 is 0 Å². The van der Waals surface area contributed by atoms with Crippen molar-refractivity contribution in [3.05, 3.63) is 75.3 Å². The number of hydrogen-bond acceptors (Lipinski definition) is 8. The van der Waals surface area contributed by atoms with Crippen LogP contribution in [0, 0.1) is 13.8 Å². The second-order valence-corrected chi connectivity index (χ2v) is 9.45. The summed E-state index contributed by atoms with van der Waals surface area (Å²) in [5.74, 6) is 1.48. The van der Waals surface area contributed by atoms with Crippen molar-refractivity contribution in [2.75, 3.05) is 51.9 Å². The molecule has 0 amide bonds. The summed E-state index contributed by atoms with van der Waals surface area (Å²) in [6.45, 7) is 8.24. The van der Waals surface area contributed by atoms with Gasteiger partial charge in [0.1, 0.15) is 11.8 Å². The van der Waals surface area contributed by atoms with Crippen molar-refractivity contribution in [2.45, 2.75) is 26.4 Å². The topological polar surface area (TPSA) is 101 Å². The summed E-state index contributed by atoms with van der Waals surface area (Å²) in [5, 5.41) is 13.6. The number of aromatic amines is 1. The molecule has 2 aromatic carbocycles. The van der Waals surface area contributed by atoms with Crippen LogP contribution in [0.5, 0.6) is 5.75 Å². The van der Waals surface area contributed by atoms with E-state index in [0.717, 1.165) is 54.1 Å². The first-order valence-corrected chi connectivity index (χ1v) is 12.5. The molecule has 10 nitrogen and oxygen atoms in total. The van der Waals surface area contributed by atoms with Gasteiger partial charge in [0, 0.05) is 50.1 Å². The van der Waals surface area contributed by atoms with E-state index < -0.39 is 0 Å². The van der Waals surface area contributed by atoms with Crippen molar-refractivity contribution in [1.82, 2.24) is 30.1 Å². The van der Waals surface area contributed by atoms with Crippen molar-refractivity contribution < 1.29 is 9.47 Å². The number of anilines is 1. The molecule has 0 aliphatic carbocycles. The van der Waals surface area contributed by atoms with Gasteiger partial charge in [0.25, 0.3) is 5.56 Å². The predicted octanol–water partition coefficient (Wildman–Crippen LogP) is 2.70. The van der Waals surface area contributed by atoms with E-state index in [1.807, 2.05) is 24.3 Å². The van der Waals surface area contributed by atoms with Crippen molar-refractivity contribution >= 4 is 16.6 Å². The maximum Gasteiger partial charge on any atom is 0.253 e. The molecule has 10 heteroatoms. The number of methoxy groups -OCH3 is 2. The van der Waals surface area contributed by atoms with Gasteiger partial charge in [-0.1, -0.05) is 0 Å². The Labute approximate surface area is 215 Å². The van der Waals surface area contributed by atoms with E-state index in [1.165, 1.54) is 5.56 Å². The third-order valence-corrected chi connectivity index (χ3v) is 7.21. The average Bonchev–Trinajstić information content (AvgIpc) is 3.37. The van der Waals surface area contributed by atoms with Crippen molar-refractivity contribution in [3.8, 4) is 5.75 Å². The molecule has 1 N–H and O–H groups in total. The van der Waals surface area contributed by atoms with Crippen LogP contribution in [-0.2, 0) is 11.3 Å². The van der Waals surface area contributed by atoms with Gasteiger partial charge in [-0.05, 0) is 83.3 Å². The van der Waals surface area contributed by atoms with Crippen LogP contribution in [-0.4, -0.2) is 77.1 Å². The molecule has 1 fully saturated rings. The lowest BCUT2D eigenvalue weighted by Gasteiger charge is -2.39. The van der Waals surface area contributed by atoms with Crippen LogP contribution in [0.4, 0.5) is 5.69 Å². The Morgan fingerprint density at radius 1 is 1.00 bits per heavy atom. The van der Waals surface area contributed by atoms with Crippen molar-refractivity contribution in [2.24, 2.45) is 0 Å². The monoisotopic (exact) mass is 503 g/mol. The SMILES string of the molecule is COCCn1nnnc1[C@H](c1cc2cc(C)c(C)cc2[nH]c1=O)N1CCN(c2ccc(OC)cc2)CC1. The fourth-order valence-electron chi connectivity index (χ4n) is 4.97. The van der Waals surface area contributed by atoms with Crippen molar-refractivity contribution in [1.29, 1.82) is 0 Å². The highest BCUT2D eigenvalue weighted by atomic mass is 16.5. The summed E-state index contributed by atoms with van der Waals surface area (Å²) in [6, 6.07) is 13.9. The molecule has 1 atom stereocenters. The zero-order valence-electron chi connectivity index (χ0n) is 21.8. The minimum absolute atomic E-state index is 0.125. The number of pyridine rings is 1. The average molecular weight is 504 g/mol. The van der Waals surface area contributed by atoms with Crippen LogP contribution in [0.3, 0.4) is 0 Å². The van der Waals surface area contributed by atoms with Crippen LogP contribution in [0.25, 0.3) is 10.9 Å². The lowest BCUT2D eigenvalue weighted by atomic mass is 10.00. The summed E-state index contributed by atoms with van der Waals surface area (Å²) in [7, 11) is 3.32. The Kier molecular flexibility index (Phi) is 7.20. The summed E-state index contributed by atoms with van der Waals surface area (Å²) in [4.78, 5) is 21.2. The first kappa shape index (κ1) is 24.9. The van der Waals surface area contributed by atoms with Crippen LogP contribution < -0.4 is 15.2 Å². The number of aryl methyl sites for hydroxylation is 2. The van der Waals surface area contributed by atoms with Gasteiger partial charge in [-0.15, -0.1) is 5.10 Å². The number of fused-ring (bicyclic) bond motifs is 1. The third-order valence-electron chi connectivity index (χ3n) is 7.21. The Morgan fingerprint density at radius 3 is 2.43 bits per heavy atom. The molecule has 1 saturated heterocycles. The number of benzene rings is 2. The number of piperazine rings is 1. The zero-order valence-corrected chi connectivity index (χ0v) is 21.8. The highest BCUT2D eigenvalue weighted by molar-refractivity contribution is 5.81. The second-order valence-electron chi connectivity index (χ2n) is 9.45. The third kappa shape index (κ3) is 5.07. The number of hydrogen-bond donors (Lipinski definition) is 1. The molecule has 1 aliphatic heterocycles.